The molecule has 3 aromatic rings. The van der Waals surface area contributed by atoms with Gasteiger partial charge in [0, 0.05) is 19.3 Å². The van der Waals surface area contributed by atoms with E-state index in [-0.39, 0.29) is 25.4 Å². The Bertz CT molecular complexity index is 1090. The number of amides is 2. The van der Waals surface area contributed by atoms with Gasteiger partial charge in [-0.25, -0.2) is 8.78 Å². The second-order valence-corrected chi connectivity index (χ2v) is 7.49. The van der Waals surface area contributed by atoms with Crippen LogP contribution < -0.4 is 5.32 Å². The van der Waals surface area contributed by atoms with Crippen molar-refractivity contribution in [1.82, 2.24) is 15.2 Å². The molecule has 2 atom stereocenters. The molecule has 31 heavy (non-hydrogen) atoms. The van der Waals surface area contributed by atoms with E-state index in [1.54, 1.807) is 48.7 Å². The minimum absolute atomic E-state index is 0.0430. The van der Waals surface area contributed by atoms with Crippen molar-refractivity contribution in [2.75, 3.05) is 13.1 Å². The number of H-pyrrole nitrogens is 1. The minimum Gasteiger partial charge on any atom is -0.388 e. The predicted molar refractivity (Wildman–Crippen MR) is 109 cm³/mol. The van der Waals surface area contributed by atoms with Crippen molar-refractivity contribution in [3.8, 4) is 0 Å². The molecule has 160 valence electrons. The van der Waals surface area contributed by atoms with Gasteiger partial charge in [0.1, 0.15) is 5.69 Å². The maximum atomic E-state index is 14.2. The third-order valence-corrected chi connectivity index (χ3v) is 5.68. The molecule has 1 saturated heterocycles. The molecule has 2 heterocycles. The monoisotopic (exact) mass is 425 g/mol. The van der Waals surface area contributed by atoms with Gasteiger partial charge in [-0.05, 0) is 36.2 Å². The van der Waals surface area contributed by atoms with Crippen LogP contribution in [0.2, 0.25) is 0 Å². The number of aliphatic hydroxyl groups is 1. The van der Waals surface area contributed by atoms with E-state index in [4.69, 9.17) is 0 Å². The molecule has 1 aliphatic rings. The molecule has 6 nitrogen and oxygen atoms in total. The van der Waals surface area contributed by atoms with Crippen molar-refractivity contribution in [3.63, 3.8) is 0 Å². The Labute approximate surface area is 177 Å². The predicted octanol–water partition coefficient (Wildman–Crippen LogP) is 2.83. The first-order valence-corrected chi connectivity index (χ1v) is 9.85. The molecule has 2 aromatic carbocycles. The number of nitrogens with zero attached hydrogens (tertiary/aromatic N) is 1. The van der Waals surface area contributed by atoms with Crippen LogP contribution in [-0.2, 0) is 5.54 Å². The zero-order valence-corrected chi connectivity index (χ0v) is 16.5. The molecule has 0 saturated carbocycles. The number of aliphatic hydroxyl groups excluding tert-OH is 1. The van der Waals surface area contributed by atoms with Crippen molar-refractivity contribution in [2.24, 2.45) is 0 Å². The Balaban J connectivity index is 1.65. The first kappa shape index (κ1) is 20.7. The van der Waals surface area contributed by atoms with E-state index >= 15 is 0 Å². The van der Waals surface area contributed by atoms with Crippen molar-refractivity contribution in [3.05, 3.63) is 95.3 Å². The third-order valence-electron chi connectivity index (χ3n) is 5.68. The fraction of sp³-hybridized carbons (Fsp3) is 0.217. The van der Waals surface area contributed by atoms with Crippen molar-refractivity contribution >= 4 is 11.8 Å². The number of hydrogen-bond donors (Lipinski definition) is 3. The number of hydrogen-bond acceptors (Lipinski definition) is 3. The van der Waals surface area contributed by atoms with Crippen LogP contribution in [0.5, 0.6) is 0 Å². The molecular formula is C23H21F2N3O3. The lowest BCUT2D eigenvalue weighted by atomic mass is 9.78. The molecular weight excluding hydrogens is 404 g/mol. The molecule has 1 aliphatic heterocycles. The van der Waals surface area contributed by atoms with Gasteiger partial charge in [-0.3, -0.25) is 9.59 Å². The maximum Gasteiger partial charge on any atom is 0.270 e. The maximum absolute atomic E-state index is 14.2. The smallest absolute Gasteiger partial charge is 0.270 e. The normalized spacial score (nSPS) is 21.0. The average Bonchev–Trinajstić information content (AvgIpc) is 3.32. The number of carbonyl (C=O) groups excluding carboxylic acids is 2. The Morgan fingerprint density at radius 2 is 1.84 bits per heavy atom. The van der Waals surface area contributed by atoms with E-state index in [0.717, 1.165) is 6.07 Å². The minimum atomic E-state index is -1.27. The zero-order chi connectivity index (χ0) is 22.0. The number of likely N-dealkylation sites (tertiary alicyclic amines) is 1. The molecule has 0 radical (unpaired) electrons. The Hall–Kier alpha value is -3.52. The highest BCUT2D eigenvalue weighted by Crippen LogP contribution is 2.34. The van der Waals surface area contributed by atoms with E-state index in [1.807, 2.05) is 0 Å². The summed E-state index contributed by atoms with van der Waals surface area (Å²) in [4.78, 5) is 29.9. The van der Waals surface area contributed by atoms with Crippen molar-refractivity contribution in [1.29, 1.82) is 0 Å². The second kappa shape index (κ2) is 8.31. The van der Waals surface area contributed by atoms with Gasteiger partial charge >= 0.3 is 0 Å². The van der Waals surface area contributed by atoms with Crippen LogP contribution in [0, 0.1) is 11.6 Å². The first-order valence-electron chi connectivity index (χ1n) is 9.85. The number of carbonyl (C=O) groups is 2. The lowest BCUT2D eigenvalue weighted by Crippen LogP contribution is -2.62. The SMILES string of the molecule is O=C(N[C@]1(c2ccccc2)CCN(C(=O)c2ccc[nH]2)C[C@H]1O)c1cccc(F)c1F. The number of benzene rings is 2. The first-order chi connectivity index (χ1) is 14.9. The summed E-state index contributed by atoms with van der Waals surface area (Å²) in [6, 6.07) is 15.5. The molecule has 0 unspecified atom stereocenters. The average molecular weight is 425 g/mol. The summed E-state index contributed by atoms with van der Waals surface area (Å²) in [7, 11) is 0. The Morgan fingerprint density at radius 3 is 2.52 bits per heavy atom. The van der Waals surface area contributed by atoms with E-state index in [1.165, 1.54) is 17.0 Å². The molecule has 4 rings (SSSR count). The summed E-state index contributed by atoms with van der Waals surface area (Å²) in [6.07, 6.45) is 0.645. The van der Waals surface area contributed by atoms with Crippen LogP contribution in [0.3, 0.4) is 0 Å². The molecule has 2 amide bonds. The van der Waals surface area contributed by atoms with Gasteiger partial charge in [0.15, 0.2) is 11.6 Å². The van der Waals surface area contributed by atoms with Crippen LogP contribution >= 0.6 is 0 Å². The van der Waals surface area contributed by atoms with Crippen LogP contribution in [0.1, 0.15) is 32.8 Å². The number of rotatable bonds is 4. The fourth-order valence-electron chi connectivity index (χ4n) is 3.99. The summed E-state index contributed by atoms with van der Waals surface area (Å²) in [5.41, 5.74) is -0.721. The molecule has 0 bridgehead atoms. The Kier molecular flexibility index (Phi) is 5.56. The fourth-order valence-corrected chi connectivity index (χ4v) is 3.99. The number of β-amino-alcohol motifs (C(OH)–C–C–N with tert-alkyl or cyclic N) is 1. The van der Waals surface area contributed by atoms with Gasteiger partial charge < -0.3 is 20.3 Å². The third kappa shape index (κ3) is 3.82. The highest BCUT2D eigenvalue weighted by Gasteiger charge is 2.46. The molecule has 3 N–H and O–H groups in total. The Morgan fingerprint density at radius 1 is 1.06 bits per heavy atom. The summed E-state index contributed by atoms with van der Waals surface area (Å²) in [5, 5.41) is 13.9. The second-order valence-electron chi connectivity index (χ2n) is 7.49. The lowest BCUT2D eigenvalue weighted by molar-refractivity contribution is -0.0109. The molecule has 0 aliphatic carbocycles. The van der Waals surface area contributed by atoms with Crippen LogP contribution in [0.4, 0.5) is 8.78 Å². The molecule has 1 aromatic heterocycles. The van der Waals surface area contributed by atoms with Crippen LogP contribution in [0.25, 0.3) is 0 Å². The number of piperidine rings is 1. The highest BCUT2D eigenvalue weighted by molar-refractivity contribution is 5.95. The molecule has 0 spiro atoms. The standard InChI is InChI=1S/C23H21F2N3O3/c24-17-9-4-8-16(20(17)25)21(30)27-23(15-6-2-1-3-7-15)11-13-28(14-19(23)29)22(31)18-10-5-12-26-18/h1-10,12,19,26,29H,11,13-14H2,(H,27,30)/t19-,23+/m1/s1. The quantitative estimate of drug-likeness (QED) is 0.601. The van der Waals surface area contributed by atoms with E-state index in [9.17, 15) is 23.5 Å². The summed E-state index contributed by atoms with van der Waals surface area (Å²) < 4.78 is 27.8. The van der Waals surface area contributed by atoms with E-state index < -0.39 is 34.7 Å². The van der Waals surface area contributed by atoms with E-state index in [0.29, 0.717) is 11.3 Å². The molecule has 1 fully saturated rings. The zero-order valence-electron chi connectivity index (χ0n) is 16.5. The summed E-state index contributed by atoms with van der Waals surface area (Å²) >= 11 is 0. The number of aromatic nitrogens is 1. The van der Waals surface area contributed by atoms with Gasteiger partial charge in [-0.15, -0.1) is 0 Å². The van der Waals surface area contributed by atoms with Crippen molar-refractivity contribution in [2.45, 2.75) is 18.1 Å². The number of aromatic amines is 1. The lowest BCUT2D eigenvalue weighted by Gasteiger charge is -2.46. The number of nitrogens with one attached hydrogen (secondary N) is 2. The van der Waals surface area contributed by atoms with Gasteiger partial charge in [0.2, 0.25) is 0 Å². The van der Waals surface area contributed by atoms with E-state index in [2.05, 4.69) is 10.3 Å². The van der Waals surface area contributed by atoms with Crippen LogP contribution in [0.15, 0.2) is 66.9 Å². The van der Waals surface area contributed by atoms with Gasteiger partial charge in [-0.1, -0.05) is 36.4 Å². The van der Waals surface area contributed by atoms with Crippen LogP contribution in [-0.4, -0.2) is 46.0 Å². The largest absolute Gasteiger partial charge is 0.388 e. The van der Waals surface area contributed by atoms with Gasteiger partial charge in [-0.2, -0.15) is 0 Å². The van der Waals surface area contributed by atoms with Gasteiger partial charge in [0.05, 0.1) is 17.2 Å². The topological polar surface area (TPSA) is 85.4 Å². The summed E-state index contributed by atoms with van der Waals surface area (Å²) in [6.45, 7) is 0.203. The number of halogens is 2. The van der Waals surface area contributed by atoms with Crippen molar-refractivity contribution < 1.29 is 23.5 Å². The van der Waals surface area contributed by atoms with Gasteiger partial charge in [0.25, 0.3) is 11.8 Å². The summed E-state index contributed by atoms with van der Waals surface area (Å²) in [5.74, 6) is -3.50. The molecule has 8 heteroatoms. The highest BCUT2D eigenvalue weighted by atomic mass is 19.2.